The van der Waals surface area contributed by atoms with Gasteiger partial charge in [-0.1, -0.05) is 152 Å². The topological polar surface area (TPSA) is 285 Å². The van der Waals surface area contributed by atoms with Gasteiger partial charge in [-0.2, -0.15) is 0 Å². The summed E-state index contributed by atoms with van der Waals surface area (Å²) >= 11 is 0. The molecule has 3 aromatic heterocycles. The van der Waals surface area contributed by atoms with Gasteiger partial charge >= 0.3 is 11.9 Å². The van der Waals surface area contributed by atoms with E-state index in [1.165, 1.54) is 28.8 Å². The molecule has 5 aromatic carbocycles. The number of nitrogens with zero attached hydrogens (tertiary/aromatic N) is 6. The SMILES string of the molecule is CC(=O)c1cn2c(c(OCc3ccccc3)c1=O)C(=O)N1CCCO[C@H]1[C@@H]2Cc1ccccc1.O=C(O)c1cn2c(c(O)c1=O)C(=O)N1CCCO[C@H]1[C@@H]2Cc1ccccc1.O=C(O)c1cn2c(c(OCc3ccccc3)c1=O)C(=O)N1CCCO[C@H]1[C@@H]2Cc1ccccc1. The molecule has 6 atom stereocenters. The summed E-state index contributed by atoms with van der Waals surface area (Å²) in [5.74, 6) is -5.60. The van der Waals surface area contributed by atoms with Gasteiger partial charge in [-0.3, -0.25) is 33.6 Å². The molecule has 14 rings (SSSR count). The first kappa shape index (κ1) is 64.4. The lowest BCUT2D eigenvalue weighted by atomic mass is 9.98. The molecule has 23 heteroatoms. The van der Waals surface area contributed by atoms with Gasteiger partial charge in [0.25, 0.3) is 17.7 Å². The number of hydrogen-bond donors (Lipinski definition) is 3. The predicted molar refractivity (Wildman–Crippen MR) is 343 cm³/mol. The van der Waals surface area contributed by atoms with Crippen molar-refractivity contribution in [2.75, 3.05) is 39.5 Å². The number of hydrogen-bond acceptors (Lipinski definition) is 15. The van der Waals surface area contributed by atoms with Crippen molar-refractivity contribution in [3.05, 3.63) is 263 Å². The first-order chi connectivity index (χ1) is 46.1. The van der Waals surface area contributed by atoms with Gasteiger partial charge in [0.15, 0.2) is 58.8 Å². The quantitative estimate of drug-likeness (QED) is 0.0820. The Bertz CT molecular complexity index is 4190. The lowest BCUT2D eigenvalue weighted by molar-refractivity contribution is -0.111. The Hall–Kier alpha value is -10.8. The number of rotatable bonds is 15. The second-order valence-corrected chi connectivity index (χ2v) is 23.7. The summed E-state index contributed by atoms with van der Waals surface area (Å²) in [6, 6.07) is 46.5. The highest BCUT2D eigenvalue weighted by atomic mass is 16.5. The third-order valence-electron chi connectivity index (χ3n) is 17.6. The molecule has 0 bridgehead atoms. The van der Waals surface area contributed by atoms with E-state index in [9.17, 15) is 58.5 Å². The number of Topliss-reactive ketones (excluding diaryl/α,β-unsaturated/α-hetero) is 1. The number of carboxylic acids is 2. The van der Waals surface area contributed by atoms with Crippen LogP contribution in [0.25, 0.3) is 0 Å². The Balaban J connectivity index is 0.000000138. The van der Waals surface area contributed by atoms with E-state index in [0.29, 0.717) is 71.6 Å². The molecule has 0 saturated carbocycles. The van der Waals surface area contributed by atoms with Crippen LogP contribution in [0.5, 0.6) is 17.2 Å². The number of aromatic hydroxyl groups is 1. The Morgan fingerprint density at radius 2 is 0.716 bits per heavy atom. The maximum Gasteiger partial charge on any atom is 0.341 e. The number of benzene rings is 5. The van der Waals surface area contributed by atoms with E-state index >= 15 is 0 Å². The van der Waals surface area contributed by atoms with Crippen molar-refractivity contribution in [2.45, 2.75) is 95.5 Å². The minimum Gasteiger partial charge on any atom is -0.503 e. The van der Waals surface area contributed by atoms with E-state index in [2.05, 4.69) is 0 Å². The average Bonchev–Trinajstić information content (AvgIpc) is 0.757. The Morgan fingerprint density at radius 1 is 0.421 bits per heavy atom. The van der Waals surface area contributed by atoms with Crippen LogP contribution in [0.1, 0.15) is 135 Å². The molecule has 0 unspecified atom stereocenters. The zero-order valence-electron chi connectivity index (χ0n) is 51.8. The van der Waals surface area contributed by atoms with E-state index in [1.807, 2.05) is 152 Å². The van der Waals surface area contributed by atoms with Gasteiger partial charge < -0.3 is 67.4 Å². The van der Waals surface area contributed by atoms with E-state index < -0.39 is 87.7 Å². The lowest BCUT2D eigenvalue weighted by Gasteiger charge is -2.45. The van der Waals surface area contributed by atoms with E-state index in [1.54, 1.807) is 18.9 Å². The number of ether oxygens (including phenoxy) is 5. The number of pyridine rings is 3. The van der Waals surface area contributed by atoms with Crippen molar-refractivity contribution in [3.8, 4) is 17.2 Å². The van der Waals surface area contributed by atoms with Gasteiger partial charge in [0.1, 0.15) is 24.3 Å². The standard InChI is InChI=1S/C27H26N2O5.C26H24N2O6.C19H18N2O6/c1-18(30)21-16-29-22(15-19-9-4-2-5-10-19)27-28(13-8-14-33-27)26(32)23(29)25(24(21)31)34-17-20-11-6-3-7-12-20;29-22-19(26(31)32)15-28-20(14-17-8-3-1-4-9-17)25-27(12-7-13-33-25)24(30)21(28)23(22)34-16-18-10-5-2-6-11-18;22-15-12(19(25)26)10-21-13(9-11-5-2-1-3-6-11)18-20(7-4-8-27-18)17(24)14(21)16(15)23/h2-7,9-12,16,22,27H,8,13-15,17H2,1H3;1-6,8-11,15,20,25H,7,12-14,16H2,(H,31,32);1-3,5-6,10,13,18,23H,4,7-9H2,(H,25,26)/t22-,27-;20-,25-;13-,18-/m000/s1. The number of ketones is 1. The van der Waals surface area contributed by atoms with Crippen LogP contribution in [0.15, 0.2) is 185 Å². The van der Waals surface area contributed by atoms with Gasteiger partial charge in [0.05, 0.1) is 43.5 Å². The minimum absolute atomic E-state index is 0.00179. The minimum atomic E-state index is -1.46. The molecule has 0 aliphatic carbocycles. The Kier molecular flexibility index (Phi) is 19.1. The summed E-state index contributed by atoms with van der Waals surface area (Å²) in [5.41, 5.74) is 1.30. The molecule has 3 amide bonds. The molecule has 3 saturated heterocycles. The van der Waals surface area contributed by atoms with Crippen LogP contribution in [0.4, 0.5) is 0 Å². The fourth-order valence-corrected chi connectivity index (χ4v) is 13.1. The van der Waals surface area contributed by atoms with Gasteiger partial charge in [0.2, 0.25) is 16.3 Å². The molecule has 0 radical (unpaired) electrons. The molecule has 0 spiro atoms. The average molecular weight is 1290 g/mol. The molecule has 3 fully saturated rings. The van der Waals surface area contributed by atoms with Crippen LogP contribution in [0, 0.1) is 0 Å². The number of carbonyl (C=O) groups is 6. The maximum atomic E-state index is 13.6. The third-order valence-corrected chi connectivity index (χ3v) is 17.6. The van der Waals surface area contributed by atoms with Gasteiger partial charge in [-0.05, 0) is 73.3 Å². The largest absolute Gasteiger partial charge is 0.503 e. The van der Waals surface area contributed by atoms with Crippen LogP contribution < -0.4 is 25.8 Å². The van der Waals surface area contributed by atoms with Crippen molar-refractivity contribution in [1.29, 1.82) is 0 Å². The van der Waals surface area contributed by atoms with Crippen LogP contribution in [0.2, 0.25) is 0 Å². The summed E-state index contributed by atoms with van der Waals surface area (Å²) in [5, 5.41) is 29.4. The van der Waals surface area contributed by atoms with Crippen molar-refractivity contribution in [1.82, 2.24) is 28.4 Å². The van der Waals surface area contributed by atoms with Crippen molar-refractivity contribution in [3.63, 3.8) is 0 Å². The zero-order chi connectivity index (χ0) is 66.4. The van der Waals surface area contributed by atoms with Gasteiger partial charge in [-0.15, -0.1) is 0 Å². The molecule has 488 valence electrons. The molecule has 95 heavy (non-hydrogen) atoms. The molecular weight excluding hydrogens is 1220 g/mol. The van der Waals surface area contributed by atoms with E-state index in [4.69, 9.17) is 23.7 Å². The van der Waals surface area contributed by atoms with Gasteiger partial charge in [0, 0.05) is 38.2 Å². The fraction of sp³-hybridized carbons (Fsp3) is 0.292. The first-order valence-corrected chi connectivity index (χ1v) is 31.3. The summed E-state index contributed by atoms with van der Waals surface area (Å²) in [7, 11) is 0. The summed E-state index contributed by atoms with van der Waals surface area (Å²) in [6.07, 6.45) is 5.81. The van der Waals surface area contributed by atoms with Crippen LogP contribution in [-0.4, -0.2) is 137 Å². The number of carbonyl (C=O) groups excluding carboxylic acids is 4. The summed E-state index contributed by atoms with van der Waals surface area (Å²) < 4.78 is 34.5. The monoisotopic (exact) mass is 1290 g/mol. The van der Waals surface area contributed by atoms with Crippen LogP contribution in [0.3, 0.4) is 0 Å². The maximum absolute atomic E-state index is 13.6. The van der Waals surface area contributed by atoms with E-state index in [-0.39, 0.29) is 65.1 Å². The molecule has 23 nitrogen and oxygen atoms in total. The van der Waals surface area contributed by atoms with Crippen LogP contribution >= 0.6 is 0 Å². The molecule has 3 N–H and O–H groups in total. The summed E-state index contributed by atoms with van der Waals surface area (Å²) in [4.78, 5) is 119. The lowest BCUT2D eigenvalue weighted by Crippen LogP contribution is -2.56. The number of carboxylic acid groups (broad SMARTS) is 2. The highest BCUT2D eigenvalue weighted by Crippen LogP contribution is 2.40. The van der Waals surface area contributed by atoms with Gasteiger partial charge in [-0.25, -0.2) is 9.59 Å². The van der Waals surface area contributed by atoms with Crippen LogP contribution in [-0.2, 0) is 46.7 Å². The highest BCUT2D eigenvalue weighted by molar-refractivity contribution is 6.00. The summed E-state index contributed by atoms with van der Waals surface area (Å²) in [6.45, 7) is 4.49. The molecule has 6 aliphatic heterocycles. The molecular formula is C72H68N6O17. The fourth-order valence-electron chi connectivity index (χ4n) is 13.1. The predicted octanol–water partition coefficient (Wildman–Crippen LogP) is 7.97. The van der Waals surface area contributed by atoms with Crippen molar-refractivity contribution >= 4 is 35.4 Å². The second-order valence-electron chi connectivity index (χ2n) is 23.7. The smallest absolute Gasteiger partial charge is 0.341 e. The number of aromatic carboxylic acids is 2. The highest BCUT2D eigenvalue weighted by Gasteiger charge is 2.48. The van der Waals surface area contributed by atoms with E-state index in [0.717, 1.165) is 40.4 Å². The number of aromatic nitrogens is 3. The number of amides is 3. The number of fused-ring (bicyclic) bond motifs is 6. The zero-order valence-corrected chi connectivity index (χ0v) is 51.8. The van der Waals surface area contributed by atoms with Crippen molar-refractivity contribution < 1.29 is 67.8 Å². The Labute approximate surface area is 544 Å². The second kappa shape index (κ2) is 28.2. The molecule has 8 aromatic rings. The first-order valence-electron chi connectivity index (χ1n) is 31.3. The normalized spacial score (nSPS) is 19.9. The Morgan fingerprint density at radius 3 is 1.05 bits per heavy atom. The molecule has 9 heterocycles. The third kappa shape index (κ3) is 13.2. The molecule has 6 aliphatic rings. The van der Waals surface area contributed by atoms with Crippen molar-refractivity contribution in [2.24, 2.45) is 0 Å².